The van der Waals surface area contributed by atoms with Crippen molar-refractivity contribution in [1.29, 1.82) is 0 Å². The lowest BCUT2D eigenvalue weighted by Crippen LogP contribution is -2.11. The Morgan fingerprint density at radius 1 is 0.810 bits per heavy atom. The molecular weight excluding hydrogens is 260 g/mol. The fourth-order valence-electron chi connectivity index (χ4n) is 2.52. The van der Waals surface area contributed by atoms with Crippen molar-refractivity contribution in [3.8, 4) is 0 Å². The molecule has 2 aromatic rings. The van der Waals surface area contributed by atoms with Crippen LogP contribution in [-0.4, -0.2) is 13.1 Å². The molecule has 2 aromatic carbocycles. The molecule has 110 valence electrons. The van der Waals surface area contributed by atoms with Crippen molar-refractivity contribution >= 4 is 6.47 Å². The normalized spacial score (nSPS) is 10.5. The van der Waals surface area contributed by atoms with Crippen LogP contribution in [0.5, 0.6) is 0 Å². The monoisotopic (exact) mass is 282 g/mol. The van der Waals surface area contributed by atoms with Crippen LogP contribution in [0, 0.1) is 5.92 Å². The van der Waals surface area contributed by atoms with Gasteiger partial charge in [-0.3, -0.25) is 4.79 Å². The smallest absolute Gasteiger partial charge is 0.293 e. The minimum atomic E-state index is 0.413. The molecule has 0 saturated heterocycles. The van der Waals surface area contributed by atoms with Gasteiger partial charge in [-0.05, 0) is 42.7 Å². The zero-order valence-corrected chi connectivity index (χ0v) is 12.3. The first kappa shape index (κ1) is 15.3. The van der Waals surface area contributed by atoms with Gasteiger partial charge in [-0.15, -0.1) is 0 Å². The summed E-state index contributed by atoms with van der Waals surface area (Å²) in [5.74, 6) is 0.413. The van der Waals surface area contributed by atoms with E-state index in [0.717, 1.165) is 25.7 Å². The SMILES string of the molecule is O=COCC(CCc1ccccc1)CCc1ccccc1. The van der Waals surface area contributed by atoms with E-state index in [1.54, 1.807) is 0 Å². The van der Waals surface area contributed by atoms with Crippen molar-refractivity contribution in [2.24, 2.45) is 5.92 Å². The van der Waals surface area contributed by atoms with Crippen LogP contribution >= 0.6 is 0 Å². The van der Waals surface area contributed by atoms with E-state index in [2.05, 4.69) is 48.5 Å². The molecule has 0 aliphatic carbocycles. The molecule has 0 spiro atoms. The molecule has 0 bridgehead atoms. The molecule has 21 heavy (non-hydrogen) atoms. The summed E-state index contributed by atoms with van der Waals surface area (Å²) in [4.78, 5) is 10.4. The van der Waals surface area contributed by atoms with Crippen molar-refractivity contribution in [3.05, 3.63) is 71.8 Å². The Hall–Kier alpha value is -2.09. The zero-order valence-electron chi connectivity index (χ0n) is 12.3. The van der Waals surface area contributed by atoms with Crippen molar-refractivity contribution in [1.82, 2.24) is 0 Å². The third-order valence-electron chi connectivity index (χ3n) is 3.77. The van der Waals surface area contributed by atoms with Crippen LogP contribution in [0.3, 0.4) is 0 Å². The second-order valence-corrected chi connectivity index (χ2v) is 5.34. The van der Waals surface area contributed by atoms with Crippen molar-refractivity contribution in [3.63, 3.8) is 0 Å². The summed E-state index contributed by atoms with van der Waals surface area (Å²) in [7, 11) is 0. The molecule has 2 nitrogen and oxygen atoms in total. The van der Waals surface area contributed by atoms with Crippen LogP contribution < -0.4 is 0 Å². The van der Waals surface area contributed by atoms with Gasteiger partial charge in [-0.2, -0.15) is 0 Å². The zero-order chi connectivity index (χ0) is 14.8. The average Bonchev–Trinajstić information content (AvgIpc) is 2.56. The Kier molecular flexibility index (Phi) is 6.53. The van der Waals surface area contributed by atoms with Crippen LogP contribution in [0.4, 0.5) is 0 Å². The molecule has 0 atom stereocenters. The van der Waals surface area contributed by atoms with E-state index in [-0.39, 0.29) is 0 Å². The molecule has 0 N–H and O–H groups in total. The van der Waals surface area contributed by atoms with Gasteiger partial charge in [0.2, 0.25) is 0 Å². The number of carbonyl (C=O) groups excluding carboxylic acids is 1. The van der Waals surface area contributed by atoms with Crippen molar-refractivity contribution in [2.45, 2.75) is 25.7 Å². The van der Waals surface area contributed by atoms with Gasteiger partial charge in [-0.25, -0.2) is 0 Å². The van der Waals surface area contributed by atoms with Crippen molar-refractivity contribution < 1.29 is 9.53 Å². The highest BCUT2D eigenvalue weighted by Gasteiger charge is 2.10. The summed E-state index contributed by atoms with van der Waals surface area (Å²) in [5.41, 5.74) is 2.68. The van der Waals surface area contributed by atoms with Gasteiger partial charge >= 0.3 is 0 Å². The number of aryl methyl sites for hydroxylation is 2. The van der Waals surface area contributed by atoms with E-state index >= 15 is 0 Å². The highest BCUT2D eigenvalue weighted by atomic mass is 16.5. The quantitative estimate of drug-likeness (QED) is 0.649. The highest BCUT2D eigenvalue weighted by molar-refractivity contribution is 5.36. The fraction of sp³-hybridized carbons (Fsp3) is 0.316. The number of carbonyl (C=O) groups is 1. The van der Waals surface area contributed by atoms with E-state index in [1.807, 2.05) is 12.1 Å². The van der Waals surface area contributed by atoms with Crippen LogP contribution in [0.1, 0.15) is 24.0 Å². The minimum Gasteiger partial charge on any atom is -0.468 e. The first-order chi connectivity index (χ1) is 10.4. The molecule has 0 fully saturated rings. The molecule has 2 rings (SSSR count). The highest BCUT2D eigenvalue weighted by Crippen LogP contribution is 2.17. The summed E-state index contributed by atoms with van der Waals surface area (Å²) in [5, 5.41) is 0. The molecule has 0 aliphatic heterocycles. The van der Waals surface area contributed by atoms with E-state index in [4.69, 9.17) is 4.74 Å². The predicted molar refractivity (Wildman–Crippen MR) is 85.0 cm³/mol. The molecule has 0 radical (unpaired) electrons. The molecular formula is C19H22O2. The molecule has 0 heterocycles. The van der Waals surface area contributed by atoms with Crippen molar-refractivity contribution in [2.75, 3.05) is 6.61 Å². The van der Waals surface area contributed by atoms with E-state index in [0.29, 0.717) is 19.0 Å². The number of benzene rings is 2. The maximum Gasteiger partial charge on any atom is 0.293 e. The third-order valence-corrected chi connectivity index (χ3v) is 3.77. The molecule has 0 saturated carbocycles. The molecule has 0 amide bonds. The third kappa shape index (κ3) is 5.82. The van der Waals surface area contributed by atoms with Crippen LogP contribution in [0.25, 0.3) is 0 Å². The lowest BCUT2D eigenvalue weighted by Gasteiger charge is -2.15. The van der Waals surface area contributed by atoms with Gasteiger partial charge < -0.3 is 4.74 Å². The van der Waals surface area contributed by atoms with Crippen LogP contribution in [-0.2, 0) is 22.4 Å². The Morgan fingerprint density at radius 3 is 1.71 bits per heavy atom. The summed E-state index contributed by atoms with van der Waals surface area (Å²) in [6, 6.07) is 20.9. The standard InChI is InChI=1S/C19H22O2/c20-16-21-15-19(13-11-17-7-3-1-4-8-17)14-12-18-9-5-2-6-10-18/h1-10,16,19H,11-15H2. The summed E-state index contributed by atoms with van der Waals surface area (Å²) in [6.45, 7) is 1.07. The topological polar surface area (TPSA) is 26.3 Å². The largest absolute Gasteiger partial charge is 0.468 e. The first-order valence-electron chi connectivity index (χ1n) is 7.51. The molecule has 0 aliphatic rings. The molecule has 0 unspecified atom stereocenters. The number of ether oxygens (including phenoxy) is 1. The Balaban J connectivity index is 1.83. The van der Waals surface area contributed by atoms with E-state index in [9.17, 15) is 4.79 Å². The van der Waals surface area contributed by atoms with E-state index in [1.165, 1.54) is 11.1 Å². The summed E-state index contributed by atoms with van der Waals surface area (Å²) < 4.78 is 4.99. The van der Waals surface area contributed by atoms with E-state index < -0.39 is 0 Å². The Bertz CT molecular complexity index is 464. The van der Waals surface area contributed by atoms with Gasteiger partial charge in [0.1, 0.15) is 0 Å². The second kappa shape index (κ2) is 8.96. The fourth-order valence-corrected chi connectivity index (χ4v) is 2.52. The lowest BCUT2D eigenvalue weighted by atomic mass is 9.94. The Morgan fingerprint density at radius 2 is 1.29 bits per heavy atom. The number of hydrogen-bond acceptors (Lipinski definition) is 2. The van der Waals surface area contributed by atoms with Crippen LogP contribution in [0.15, 0.2) is 60.7 Å². The van der Waals surface area contributed by atoms with Gasteiger partial charge in [0.25, 0.3) is 6.47 Å². The van der Waals surface area contributed by atoms with Gasteiger partial charge in [0.05, 0.1) is 6.61 Å². The summed E-state index contributed by atoms with van der Waals surface area (Å²) in [6.07, 6.45) is 4.15. The molecule has 0 aromatic heterocycles. The number of rotatable bonds is 9. The van der Waals surface area contributed by atoms with Gasteiger partial charge in [-0.1, -0.05) is 60.7 Å². The second-order valence-electron chi connectivity index (χ2n) is 5.34. The van der Waals surface area contributed by atoms with Gasteiger partial charge in [0.15, 0.2) is 0 Å². The van der Waals surface area contributed by atoms with Gasteiger partial charge in [0, 0.05) is 0 Å². The average molecular weight is 282 g/mol. The maximum atomic E-state index is 10.4. The predicted octanol–water partition coefficient (Wildman–Crippen LogP) is 4.04. The first-order valence-corrected chi connectivity index (χ1v) is 7.51. The maximum absolute atomic E-state index is 10.4. The van der Waals surface area contributed by atoms with Crippen LogP contribution in [0.2, 0.25) is 0 Å². The summed E-state index contributed by atoms with van der Waals surface area (Å²) >= 11 is 0. The Labute approximate surface area is 126 Å². The lowest BCUT2D eigenvalue weighted by molar-refractivity contribution is -0.130. The number of hydrogen-bond donors (Lipinski definition) is 0. The molecule has 2 heteroatoms. The minimum absolute atomic E-state index is 0.413.